The number of fused-ring (bicyclic) bond motifs is 2. The number of pyridine rings is 1. The molecule has 3 aromatic heterocycles. The highest BCUT2D eigenvalue weighted by atomic mass is 32.2. The number of hydrogen-bond donors (Lipinski definition) is 1. The fraction of sp³-hybridized carbons (Fsp3) is 0.321. The zero-order valence-electron chi connectivity index (χ0n) is 22.5. The summed E-state index contributed by atoms with van der Waals surface area (Å²) in [6.45, 7) is -0.0785. The van der Waals surface area contributed by atoms with E-state index in [1.807, 2.05) is 0 Å². The predicted molar refractivity (Wildman–Crippen MR) is 145 cm³/mol. The Bertz CT molecular complexity index is 1890. The Kier molecular flexibility index (Phi) is 6.18. The first-order valence-corrected chi connectivity index (χ1v) is 15.0. The zero-order chi connectivity index (χ0) is 30.1. The SMILES string of the molecule is N=S(=O)(c1cnn(C2CC2)n1)N1CCC2=Cc3c(cnn3-c3ccc(F)cc3)C[C@]2(C(=O)c2cc(C(F)(F)F)ccn2)C1. The van der Waals surface area contributed by atoms with Gasteiger partial charge in [0.25, 0.3) is 0 Å². The Morgan fingerprint density at radius 3 is 2.58 bits per heavy atom. The molecule has 0 spiro atoms. The summed E-state index contributed by atoms with van der Waals surface area (Å²) in [4.78, 5) is 19.8. The summed E-state index contributed by atoms with van der Waals surface area (Å²) in [6, 6.07) is 7.36. The molecule has 0 bridgehead atoms. The van der Waals surface area contributed by atoms with Crippen LogP contribution < -0.4 is 0 Å². The van der Waals surface area contributed by atoms with Gasteiger partial charge in [-0.2, -0.15) is 28.2 Å². The molecule has 0 amide bonds. The molecule has 1 unspecified atom stereocenters. The van der Waals surface area contributed by atoms with Crippen molar-refractivity contribution in [1.29, 1.82) is 4.78 Å². The number of carbonyl (C=O) groups is 1. The zero-order valence-corrected chi connectivity index (χ0v) is 23.3. The van der Waals surface area contributed by atoms with E-state index in [1.54, 1.807) is 29.1 Å². The van der Waals surface area contributed by atoms with Crippen LogP contribution in [0, 0.1) is 16.0 Å². The Labute approximate surface area is 243 Å². The second-order valence-corrected chi connectivity index (χ2v) is 13.0. The lowest BCUT2D eigenvalue weighted by atomic mass is 9.65. The molecule has 1 aromatic carbocycles. The van der Waals surface area contributed by atoms with Crippen LogP contribution in [0.1, 0.15) is 52.6 Å². The minimum atomic E-state index is -4.69. The van der Waals surface area contributed by atoms with Crippen LogP contribution in [0.3, 0.4) is 0 Å². The highest BCUT2D eigenvalue weighted by Crippen LogP contribution is 2.47. The van der Waals surface area contributed by atoms with Crippen LogP contribution in [-0.4, -0.2) is 57.1 Å². The van der Waals surface area contributed by atoms with Crippen LogP contribution >= 0.6 is 0 Å². The molecule has 1 N–H and O–H groups in total. The van der Waals surface area contributed by atoms with Crippen LogP contribution in [0.5, 0.6) is 0 Å². The smallest absolute Gasteiger partial charge is 0.291 e. The fourth-order valence-corrected chi connectivity index (χ4v) is 7.20. The summed E-state index contributed by atoms with van der Waals surface area (Å²) in [5.41, 5.74) is -0.421. The van der Waals surface area contributed by atoms with E-state index in [4.69, 9.17) is 4.78 Å². The van der Waals surface area contributed by atoms with Gasteiger partial charge in [0.15, 0.2) is 20.7 Å². The van der Waals surface area contributed by atoms with Crippen molar-refractivity contribution in [1.82, 2.24) is 34.1 Å². The maximum atomic E-state index is 14.3. The monoisotopic (exact) mass is 612 g/mol. The van der Waals surface area contributed by atoms with Crippen molar-refractivity contribution in [3.63, 3.8) is 0 Å². The molecule has 2 atom stereocenters. The molecule has 15 heteroatoms. The third kappa shape index (κ3) is 4.66. The van der Waals surface area contributed by atoms with Crippen molar-refractivity contribution in [2.24, 2.45) is 5.41 Å². The van der Waals surface area contributed by atoms with Gasteiger partial charge >= 0.3 is 6.18 Å². The number of Topliss-reactive ketones (excluding diaryl/α,β-unsaturated/α-hetero) is 1. The van der Waals surface area contributed by atoms with Gasteiger partial charge in [-0.25, -0.2) is 22.4 Å². The third-order valence-electron chi connectivity index (χ3n) is 8.21. The summed E-state index contributed by atoms with van der Waals surface area (Å²) in [5.74, 6) is -1.09. The molecule has 10 nitrogen and oxygen atoms in total. The maximum Gasteiger partial charge on any atom is 0.416 e. The lowest BCUT2D eigenvalue weighted by Gasteiger charge is -2.45. The predicted octanol–water partition coefficient (Wildman–Crippen LogP) is 4.89. The molecule has 1 aliphatic heterocycles. The van der Waals surface area contributed by atoms with Gasteiger partial charge in [-0.15, -0.1) is 5.10 Å². The lowest BCUT2D eigenvalue weighted by molar-refractivity contribution is -0.137. The van der Waals surface area contributed by atoms with Crippen molar-refractivity contribution >= 4 is 21.8 Å². The van der Waals surface area contributed by atoms with Gasteiger partial charge in [-0.1, -0.05) is 5.57 Å². The second kappa shape index (κ2) is 9.64. The number of rotatable bonds is 6. The molecule has 1 saturated heterocycles. The van der Waals surface area contributed by atoms with Crippen LogP contribution in [0.15, 0.2) is 65.6 Å². The number of alkyl halides is 3. The van der Waals surface area contributed by atoms with Crippen LogP contribution in [0.25, 0.3) is 11.8 Å². The molecule has 2 aliphatic carbocycles. The van der Waals surface area contributed by atoms with E-state index in [0.29, 0.717) is 22.5 Å². The average molecular weight is 613 g/mol. The number of nitrogens with zero attached hydrogens (tertiary/aromatic N) is 7. The number of aromatic nitrogens is 6. The first-order valence-electron chi connectivity index (χ1n) is 13.5. The number of benzene rings is 1. The number of carbonyl (C=O) groups excluding carboxylic acids is 1. The molecule has 4 aromatic rings. The van der Waals surface area contributed by atoms with Crippen molar-refractivity contribution in [3.8, 4) is 5.69 Å². The molecule has 2 fully saturated rings. The van der Waals surface area contributed by atoms with Gasteiger partial charge in [0.2, 0.25) is 0 Å². The van der Waals surface area contributed by atoms with E-state index < -0.39 is 38.7 Å². The van der Waals surface area contributed by atoms with E-state index in [0.717, 1.165) is 31.2 Å². The summed E-state index contributed by atoms with van der Waals surface area (Å²) >= 11 is 0. The van der Waals surface area contributed by atoms with Gasteiger partial charge in [0.1, 0.15) is 11.5 Å². The Morgan fingerprint density at radius 1 is 1.09 bits per heavy atom. The van der Waals surface area contributed by atoms with E-state index in [-0.39, 0.29) is 42.7 Å². The van der Waals surface area contributed by atoms with Crippen molar-refractivity contribution in [2.45, 2.75) is 42.9 Å². The largest absolute Gasteiger partial charge is 0.416 e. The summed E-state index contributed by atoms with van der Waals surface area (Å²) < 4.78 is 80.1. The van der Waals surface area contributed by atoms with Crippen molar-refractivity contribution in [3.05, 3.63) is 88.9 Å². The van der Waals surface area contributed by atoms with E-state index in [2.05, 4.69) is 20.3 Å². The molecule has 222 valence electrons. The minimum Gasteiger partial charge on any atom is -0.291 e. The molecule has 43 heavy (non-hydrogen) atoms. The summed E-state index contributed by atoms with van der Waals surface area (Å²) in [6.07, 6.45) is 2.88. The first kappa shape index (κ1) is 27.6. The third-order valence-corrected chi connectivity index (χ3v) is 10.0. The molecular formula is C28H24F4N8O2S. The van der Waals surface area contributed by atoms with Crippen LogP contribution in [-0.2, 0) is 22.5 Å². The van der Waals surface area contributed by atoms with Crippen molar-refractivity contribution in [2.75, 3.05) is 13.1 Å². The highest BCUT2D eigenvalue weighted by molar-refractivity contribution is 7.90. The van der Waals surface area contributed by atoms with Gasteiger partial charge in [-0.05, 0) is 73.7 Å². The normalized spacial score (nSPS) is 21.9. The second-order valence-electron chi connectivity index (χ2n) is 11.0. The van der Waals surface area contributed by atoms with Crippen LogP contribution in [0.2, 0.25) is 0 Å². The molecule has 3 aliphatic rings. The summed E-state index contributed by atoms with van der Waals surface area (Å²) in [7, 11) is -3.70. The Hall–Kier alpha value is -4.24. The maximum absolute atomic E-state index is 14.3. The van der Waals surface area contributed by atoms with Crippen LogP contribution in [0.4, 0.5) is 17.6 Å². The van der Waals surface area contributed by atoms with Gasteiger partial charge < -0.3 is 0 Å². The van der Waals surface area contributed by atoms with Gasteiger partial charge in [0.05, 0.1) is 40.8 Å². The van der Waals surface area contributed by atoms with E-state index in [1.165, 1.54) is 27.4 Å². The topological polar surface area (TPSA) is 123 Å². The van der Waals surface area contributed by atoms with Gasteiger partial charge in [-0.3, -0.25) is 9.78 Å². The highest BCUT2D eigenvalue weighted by Gasteiger charge is 2.51. The summed E-state index contributed by atoms with van der Waals surface area (Å²) in [5, 5.41) is 12.9. The Morgan fingerprint density at radius 2 is 1.86 bits per heavy atom. The molecule has 7 rings (SSSR count). The molecule has 0 radical (unpaired) electrons. The van der Waals surface area contributed by atoms with Crippen molar-refractivity contribution < 1.29 is 26.6 Å². The molecular weight excluding hydrogens is 588 g/mol. The minimum absolute atomic E-state index is 0.0207. The molecule has 4 heterocycles. The number of halogens is 4. The number of piperidine rings is 1. The van der Waals surface area contributed by atoms with E-state index in [9.17, 15) is 26.6 Å². The fourth-order valence-electron chi connectivity index (χ4n) is 5.80. The standard InChI is InChI=1S/C28H24F4N8O2S/c29-20-1-3-21(4-2-20)39-24-12-18-8-10-38(43(33,42)25-15-36-40(37-25)22-5-6-22)16-27(18,13-17(24)14-35-39)26(41)23-11-19(7-9-34-23)28(30,31)32/h1-4,7,9,11-12,14-15,22,33H,5-6,8,10,13,16H2/t27-,43?/m0/s1. The van der Waals surface area contributed by atoms with E-state index >= 15 is 0 Å². The number of nitrogens with one attached hydrogen (secondary N) is 1. The van der Waals surface area contributed by atoms with Gasteiger partial charge in [0, 0.05) is 19.3 Å². The average Bonchev–Trinajstić information content (AvgIpc) is 3.57. The lowest BCUT2D eigenvalue weighted by Crippen LogP contribution is -2.53. The quantitative estimate of drug-likeness (QED) is 0.245. The Balaban J connectivity index is 1.32. The number of hydrogen-bond acceptors (Lipinski definition) is 7. The molecule has 1 saturated carbocycles. The number of ketones is 1. The first-order chi connectivity index (χ1) is 20.5.